The number of amides is 1. The quantitative estimate of drug-likeness (QED) is 0.938. The van der Waals surface area contributed by atoms with Crippen molar-refractivity contribution in [2.24, 2.45) is 0 Å². The van der Waals surface area contributed by atoms with Crippen molar-refractivity contribution in [2.45, 2.75) is 31.7 Å². The first-order valence-electron chi connectivity index (χ1n) is 6.69. The molecule has 1 aromatic heterocycles. The average Bonchev–Trinajstić information content (AvgIpc) is 3.11. The fourth-order valence-electron chi connectivity index (χ4n) is 2.52. The minimum Gasteiger partial charge on any atom is -0.349 e. The van der Waals surface area contributed by atoms with Gasteiger partial charge in [0.2, 0.25) is 0 Å². The van der Waals surface area contributed by atoms with Gasteiger partial charge in [-0.05, 0) is 47.0 Å². The van der Waals surface area contributed by atoms with Crippen molar-refractivity contribution in [1.82, 2.24) is 20.1 Å². The Morgan fingerprint density at radius 2 is 1.95 bits per heavy atom. The number of hydrogen-bond donors (Lipinski definition) is 1. The van der Waals surface area contributed by atoms with Crippen LogP contribution in [0.25, 0.3) is 5.69 Å². The number of benzene rings is 1. The minimum absolute atomic E-state index is 0.0290. The van der Waals surface area contributed by atoms with Gasteiger partial charge in [0.15, 0.2) is 0 Å². The SMILES string of the molecule is O=C(NC1CCCC1)c1cc(-n2cnnc2)ccc1Br. The van der Waals surface area contributed by atoms with Crippen molar-refractivity contribution < 1.29 is 4.79 Å². The summed E-state index contributed by atoms with van der Waals surface area (Å²) in [6.07, 6.45) is 7.78. The topological polar surface area (TPSA) is 59.8 Å². The van der Waals surface area contributed by atoms with Crippen molar-refractivity contribution in [3.8, 4) is 5.69 Å². The van der Waals surface area contributed by atoms with E-state index in [1.54, 1.807) is 17.2 Å². The zero-order chi connectivity index (χ0) is 13.9. The first-order valence-corrected chi connectivity index (χ1v) is 7.49. The molecule has 6 heteroatoms. The molecule has 0 bridgehead atoms. The molecule has 0 saturated heterocycles. The Morgan fingerprint density at radius 3 is 2.65 bits per heavy atom. The lowest BCUT2D eigenvalue weighted by Gasteiger charge is -2.13. The van der Waals surface area contributed by atoms with Gasteiger partial charge in [-0.15, -0.1) is 10.2 Å². The van der Waals surface area contributed by atoms with Gasteiger partial charge >= 0.3 is 0 Å². The third-order valence-electron chi connectivity index (χ3n) is 3.60. The van der Waals surface area contributed by atoms with Gasteiger partial charge in [-0.3, -0.25) is 9.36 Å². The van der Waals surface area contributed by atoms with Crippen molar-refractivity contribution >= 4 is 21.8 Å². The lowest BCUT2D eigenvalue weighted by molar-refractivity contribution is 0.0937. The Balaban J connectivity index is 1.84. The molecule has 104 valence electrons. The second-order valence-corrected chi connectivity index (χ2v) is 5.84. The maximum Gasteiger partial charge on any atom is 0.252 e. The van der Waals surface area contributed by atoms with Crippen LogP contribution >= 0.6 is 15.9 Å². The van der Waals surface area contributed by atoms with E-state index < -0.39 is 0 Å². The number of nitrogens with zero attached hydrogens (tertiary/aromatic N) is 3. The fourth-order valence-corrected chi connectivity index (χ4v) is 2.94. The van der Waals surface area contributed by atoms with Crippen molar-refractivity contribution in [1.29, 1.82) is 0 Å². The molecule has 0 unspecified atom stereocenters. The third kappa shape index (κ3) is 2.75. The maximum atomic E-state index is 12.4. The summed E-state index contributed by atoms with van der Waals surface area (Å²) in [5, 5.41) is 10.7. The van der Waals surface area contributed by atoms with E-state index in [1.807, 2.05) is 18.2 Å². The molecule has 1 amide bonds. The molecule has 1 fully saturated rings. The summed E-state index contributed by atoms with van der Waals surface area (Å²) in [5.41, 5.74) is 1.51. The lowest BCUT2D eigenvalue weighted by Crippen LogP contribution is -2.32. The van der Waals surface area contributed by atoms with E-state index >= 15 is 0 Å². The molecule has 1 heterocycles. The highest BCUT2D eigenvalue weighted by molar-refractivity contribution is 9.10. The standard InChI is InChI=1S/C14H15BrN4O/c15-13-6-5-11(19-8-16-17-9-19)7-12(13)14(20)18-10-3-1-2-4-10/h5-10H,1-4H2,(H,18,20). The molecule has 1 saturated carbocycles. The van der Waals surface area contributed by atoms with Gasteiger partial charge in [0.25, 0.3) is 5.91 Å². The molecule has 1 aromatic carbocycles. The Labute approximate surface area is 125 Å². The highest BCUT2D eigenvalue weighted by Gasteiger charge is 2.19. The van der Waals surface area contributed by atoms with E-state index in [2.05, 4.69) is 31.4 Å². The summed E-state index contributed by atoms with van der Waals surface area (Å²) >= 11 is 3.44. The van der Waals surface area contributed by atoms with Crippen molar-refractivity contribution in [3.05, 3.63) is 40.9 Å². The van der Waals surface area contributed by atoms with Crippen LogP contribution in [0.15, 0.2) is 35.3 Å². The number of nitrogens with one attached hydrogen (secondary N) is 1. The molecular weight excluding hydrogens is 320 g/mol. The van der Waals surface area contributed by atoms with Crippen LogP contribution in [0, 0.1) is 0 Å². The highest BCUT2D eigenvalue weighted by Crippen LogP contribution is 2.22. The molecule has 1 N–H and O–H groups in total. The van der Waals surface area contributed by atoms with Gasteiger partial charge in [-0.1, -0.05) is 12.8 Å². The van der Waals surface area contributed by atoms with E-state index in [0.717, 1.165) is 23.0 Å². The van der Waals surface area contributed by atoms with Crippen LogP contribution in [-0.2, 0) is 0 Å². The zero-order valence-corrected chi connectivity index (χ0v) is 12.5. The lowest BCUT2D eigenvalue weighted by atomic mass is 10.1. The second kappa shape index (κ2) is 5.75. The molecule has 0 aliphatic heterocycles. The minimum atomic E-state index is -0.0290. The monoisotopic (exact) mass is 334 g/mol. The molecule has 5 nitrogen and oxygen atoms in total. The van der Waals surface area contributed by atoms with Crippen molar-refractivity contribution in [3.63, 3.8) is 0 Å². The van der Waals surface area contributed by atoms with Crippen molar-refractivity contribution in [2.75, 3.05) is 0 Å². The average molecular weight is 335 g/mol. The predicted molar refractivity (Wildman–Crippen MR) is 78.8 cm³/mol. The number of carbonyl (C=O) groups excluding carboxylic acids is 1. The Bertz CT molecular complexity index is 606. The number of rotatable bonds is 3. The largest absolute Gasteiger partial charge is 0.349 e. The Morgan fingerprint density at radius 1 is 1.25 bits per heavy atom. The molecule has 0 atom stereocenters. The van der Waals surface area contributed by atoms with Crippen LogP contribution in [0.1, 0.15) is 36.0 Å². The normalized spacial score (nSPS) is 15.4. The van der Waals surface area contributed by atoms with Crippen LogP contribution in [0.4, 0.5) is 0 Å². The van der Waals surface area contributed by atoms with E-state index in [9.17, 15) is 4.79 Å². The number of halogens is 1. The molecule has 20 heavy (non-hydrogen) atoms. The molecule has 2 aromatic rings. The number of carbonyl (C=O) groups is 1. The first kappa shape index (κ1) is 13.3. The van der Waals surface area contributed by atoms with Crippen LogP contribution in [0.2, 0.25) is 0 Å². The van der Waals surface area contributed by atoms with Crippen LogP contribution in [0.3, 0.4) is 0 Å². The highest BCUT2D eigenvalue weighted by atomic mass is 79.9. The summed E-state index contributed by atoms with van der Waals surface area (Å²) in [4.78, 5) is 12.4. The van der Waals surface area contributed by atoms with E-state index in [0.29, 0.717) is 11.6 Å². The van der Waals surface area contributed by atoms with Gasteiger partial charge in [0.1, 0.15) is 12.7 Å². The first-order chi connectivity index (χ1) is 9.74. The smallest absolute Gasteiger partial charge is 0.252 e. The fraction of sp³-hybridized carbons (Fsp3) is 0.357. The van der Waals surface area contributed by atoms with Crippen LogP contribution < -0.4 is 5.32 Å². The summed E-state index contributed by atoms with van der Waals surface area (Å²) in [5.74, 6) is -0.0290. The number of hydrogen-bond acceptors (Lipinski definition) is 3. The summed E-state index contributed by atoms with van der Waals surface area (Å²) in [6, 6.07) is 5.95. The van der Waals surface area contributed by atoms with E-state index in [-0.39, 0.29) is 5.91 Å². The predicted octanol–water partition coefficient (Wildman–Crippen LogP) is 2.70. The Hall–Kier alpha value is -1.69. The van der Waals surface area contributed by atoms with Gasteiger partial charge in [0.05, 0.1) is 5.56 Å². The Kier molecular flexibility index (Phi) is 3.82. The van der Waals surface area contributed by atoms with Gasteiger partial charge < -0.3 is 5.32 Å². The molecule has 0 spiro atoms. The summed E-state index contributed by atoms with van der Waals surface area (Å²) < 4.78 is 2.57. The molecule has 3 rings (SSSR count). The third-order valence-corrected chi connectivity index (χ3v) is 4.29. The number of aromatic nitrogens is 3. The summed E-state index contributed by atoms with van der Waals surface area (Å²) in [7, 11) is 0. The molecule has 0 radical (unpaired) electrons. The van der Waals surface area contributed by atoms with Gasteiger partial charge in [0, 0.05) is 16.2 Å². The van der Waals surface area contributed by atoms with Crippen LogP contribution in [0.5, 0.6) is 0 Å². The molecular formula is C14H15BrN4O. The van der Waals surface area contributed by atoms with Gasteiger partial charge in [-0.2, -0.15) is 0 Å². The zero-order valence-electron chi connectivity index (χ0n) is 10.9. The molecule has 1 aliphatic rings. The van der Waals surface area contributed by atoms with Gasteiger partial charge in [-0.25, -0.2) is 0 Å². The second-order valence-electron chi connectivity index (χ2n) is 4.99. The van der Waals surface area contributed by atoms with Crippen LogP contribution in [-0.4, -0.2) is 26.7 Å². The molecule has 1 aliphatic carbocycles. The van der Waals surface area contributed by atoms with E-state index in [1.165, 1.54) is 12.8 Å². The maximum absolute atomic E-state index is 12.4. The van der Waals surface area contributed by atoms with E-state index in [4.69, 9.17) is 0 Å². The summed E-state index contributed by atoms with van der Waals surface area (Å²) in [6.45, 7) is 0.